The molecule has 1 unspecified atom stereocenters. The van der Waals surface area contributed by atoms with Gasteiger partial charge < -0.3 is 29.5 Å². The van der Waals surface area contributed by atoms with E-state index in [1.807, 2.05) is 19.0 Å². The third-order valence-electron chi connectivity index (χ3n) is 5.41. The molecule has 180 valence electrons. The van der Waals surface area contributed by atoms with Crippen LogP contribution in [-0.2, 0) is 9.59 Å². The van der Waals surface area contributed by atoms with Gasteiger partial charge in [-0.2, -0.15) is 0 Å². The van der Waals surface area contributed by atoms with Crippen LogP contribution in [0.15, 0.2) is 59.1 Å². The first kappa shape index (κ1) is 25.3. The maximum absolute atomic E-state index is 13.1. The number of aliphatic hydroxyl groups excluding tert-OH is 1. The van der Waals surface area contributed by atoms with Crippen LogP contribution in [0.25, 0.3) is 5.76 Å². The molecule has 1 amide bonds. The molecule has 0 saturated carbocycles. The van der Waals surface area contributed by atoms with Crippen molar-refractivity contribution >= 4 is 33.4 Å². The number of benzene rings is 2. The molecule has 2 aromatic rings. The van der Waals surface area contributed by atoms with Gasteiger partial charge in [0, 0.05) is 18.7 Å². The van der Waals surface area contributed by atoms with Crippen LogP contribution in [0, 0.1) is 0 Å². The Labute approximate surface area is 206 Å². The summed E-state index contributed by atoms with van der Waals surface area (Å²) in [5.74, 6) is -1.14. The number of ketones is 1. The number of phenols is 1. The number of hydrogen-bond donors (Lipinski definition) is 2. The molecule has 8 nitrogen and oxygen atoms in total. The third-order valence-corrected chi connectivity index (χ3v) is 6.01. The Morgan fingerprint density at radius 3 is 2.50 bits per heavy atom. The Morgan fingerprint density at radius 1 is 1.24 bits per heavy atom. The number of aromatic hydroxyl groups is 1. The molecule has 0 aliphatic carbocycles. The van der Waals surface area contributed by atoms with Gasteiger partial charge in [0.25, 0.3) is 11.7 Å². The molecule has 1 heterocycles. The highest BCUT2D eigenvalue weighted by Crippen LogP contribution is 2.44. The van der Waals surface area contributed by atoms with Crippen LogP contribution in [0.5, 0.6) is 17.2 Å². The SMILES string of the molecule is C=CCOc1ccc(/C(O)=C2\C(=O)C(=O)N(CCN(C)C)C2c2cc(Br)c(O)c(OC)c2)cc1. The van der Waals surface area contributed by atoms with E-state index < -0.39 is 17.7 Å². The normalized spacial score (nSPS) is 17.3. The number of aliphatic hydroxyl groups is 1. The van der Waals surface area contributed by atoms with Crippen LogP contribution < -0.4 is 9.47 Å². The van der Waals surface area contributed by atoms with E-state index in [1.165, 1.54) is 12.0 Å². The minimum Gasteiger partial charge on any atom is -0.507 e. The summed E-state index contributed by atoms with van der Waals surface area (Å²) >= 11 is 3.30. The number of amides is 1. The number of carbonyl (C=O) groups is 2. The van der Waals surface area contributed by atoms with Gasteiger partial charge in [-0.25, -0.2) is 0 Å². The molecule has 1 aliphatic heterocycles. The standard InChI is InChI=1S/C25H27BrN2O6/c1-5-12-34-17-8-6-15(7-9-17)22(29)20-21(16-13-18(26)23(30)19(14-16)33-4)28(11-10-27(2)3)25(32)24(20)31/h5-9,13-14,21,29-30H,1,10-12H2,2-4H3/b22-20+. The summed E-state index contributed by atoms with van der Waals surface area (Å²) in [6.45, 7) is 4.71. The fourth-order valence-electron chi connectivity index (χ4n) is 3.69. The van der Waals surface area contributed by atoms with Gasteiger partial charge in [0.1, 0.15) is 18.1 Å². The number of phenolic OH excluding ortho intramolecular Hbond substituents is 1. The fourth-order valence-corrected chi connectivity index (χ4v) is 4.15. The number of ether oxygens (including phenoxy) is 2. The molecule has 9 heteroatoms. The van der Waals surface area contributed by atoms with Crippen molar-refractivity contribution in [3.8, 4) is 17.2 Å². The number of likely N-dealkylation sites (N-methyl/N-ethyl adjacent to an activating group) is 1. The molecule has 1 atom stereocenters. The van der Waals surface area contributed by atoms with Crippen LogP contribution in [0.1, 0.15) is 17.2 Å². The van der Waals surface area contributed by atoms with Crippen LogP contribution in [-0.4, -0.2) is 72.6 Å². The third kappa shape index (κ3) is 5.10. The molecule has 1 aliphatic rings. The quantitative estimate of drug-likeness (QED) is 0.220. The van der Waals surface area contributed by atoms with Crippen LogP contribution in [0.2, 0.25) is 0 Å². The molecule has 2 N–H and O–H groups in total. The highest BCUT2D eigenvalue weighted by Gasteiger charge is 2.46. The van der Waals surface area contributed by atoms with Gasteiger partial charge in [-0.3, -0.25) is 9.59 Å². The Balaban J connectivity index is 2.14. The van der Waals surface area contributed by atoms with E-state index in [9.17, 15) is 19.8 Å². The fraction of sp³-hybridized carbons (Fsp3) is 0.280. The summed E-state index contributed by atoms with van der Waals surface area (Å²) in [5, 5.41) is 21.4. The van der Waals surface area contributed by atoms with Gasteiger partial charge >= 0.3 is 0 Å². The largest absolute Gasteiger partial charge is 0.507 e. The van der Waals surface area contributed by atoms with Gasteiger partial charge in [0.15, 0.2) is 11.5 Å². The molecule has 0 bridgehead atoms. The van der Waals surface area contributed by atoms with Crippen LogP contribution in [0.4, 0.5) is 0 Å². The lowest BCUT2D eigenvalue weighted by atomic mass is 9.95. The number of nitrogens with zero attached hydrogens (tertiary/aromatic N) is 2. The summed E-state index contributed by atoms with van der Waals surface area (Å²) in [6, 6.07) is 8.85. The van der Waals surface area contributed by atoms with Crippen molar-refractivity contribution in [2.45, 2.75) is 6.04 Å². The number of halogens is 1. The van der Waals surface area contributed by atoms with E-state index in [2.05, 4.69) is 22.5 Å². The van der Waals surface area contributed by atoms with E-state index in [-0.39, 0.29) is 29.4 Å². The Bertz CT molecular complexity index is 1130. The molecule has 0 spiro atoms. The zero-order valence-corrected chi connectivity index (χ0v) is 20.8. The van der Waals surface area contributed by atoms with E-state index in [4.69, 9.17) is 9.47 Å². The second-order valence-electron chi connectivity index (χ2n) is 7.97. The first-order valence-electron chi connectivity index (χ1n) is 10.5. The van der Waals surface area contributed by atoms with E-state index in [1.54, 1.807) is 42.5 Å². The first-order chi connectivity index (χ1) is 16.2. The number of methoxy groups -OCH3 is 1. The van der Waals surface area contributed by atoms with Crippen molar-refractivity contribution in [2.24, 2.45) is 0 Å². The van der Waals surface area contributed by atoms with E-state index >= 15 is 0 Å². The molecule has 34 heavy (non-hydrogen) atoms. The van der Waals surface area contributed by atoms with Crippen molar-refractivity contribution in [1.29, 1.82) is 0 Å². The van der Waals surface area contributed by atoms with Gasteiger partial charge in [0.05, 0.1) is 23.2 Å². The second kappa shape index (κ2) is 10.8. The Kier molecular flexibility index (Phi) is 8.01. The summed E-state index contributed by atoms with van der Waals surface area (Å²) in [5.41, 5.74) is 0.835. The summed E-state index contributed by atoms with van der Waals surface area (Å²) in [7, 11) is 5.13. The molecule has 1 saturated heterocycles. The van der Waals surface area contributed by atoms with Gasteiger partial charge in [-0.15, -0.1) is 0 Å². The maximum atomic E-state index is 13.1. The minimum atomic E-state index is -0.873. The van der Waals surface area contributed by atoms with E-state index in [0.717, 1.165) is 0 Å². The smallest absolute Gasteiger partial charge is 0.295 e. The predicted molar refractivity (Wildman–Crippen MR) is 132 cm³/mol. The van der Waals surface area contributed by atoms with Gasteiger partial charge in [-0.05, 0) is 72.0 Å². The van der Waals surface area contributed by atoms with Crippen molar-refractivity contribution in [3.63, 3.8) is 0 Å². The van der Waals surface area contributed by atoms with Crippen LogP contribution >= 0.6 is 15.9 Å². The zero-order valence-electron chi connectivity index (χ0n) is 19.2. The molecule has 1 fully saturated rings. The maximum Gasteiger partial charge on any atom is 0.295 e. The lowest BCUT2D eigenvalue weighted by Crippen LogP contribution is -2.35. The number of Topliss-reactive ketones (excluding diaryl/α,β-unsaturated/α-hetero) is 1. The minimum absolute atomic E-state index is 0.0387. The second-order valence-corrected chi connectivity index (χ2v) is 8.83. The summed E-state index contributed by atoms with van der Waals surface area (Å²) < 4.78 is 11.1. The van der Waals surface area contributed by atoms with Gasteiger partial charge in [0.2, 0.25) is 0 Å². The Morgan fingerprint density at radius 2 is 1.91 bits per heavy atom. The molecule has 0 aromatic heterocycles. The number of hydrogen-bond acceptors (Lipinski definition) is 7. The molecule has 0 radical (unpaired) electrons. The van der Waals surface area contributed by atoms with Crippen molar-refractivity contribution in [2.75, 3.05) is 40.9 Å². The number of carbonyl (C=O) groups excluding carboxylic acids is 2. The van der Waals surface area contributed by atoms with E-state index in [0.29, 0.717) is 34.5 Å². The average Bonchev–Trinajstić information content (AvgIpc) is 3.07. The molecular formula is C25H27BrN2O6. The highest BCUT2D eigenvalue weighted by molar-refractivity contribution is 9.10. The predicted octanol–water partition coefficient (Wildman–Crippen LogP) is 3.71. The number of likely N-dealkylation sites (tertiary alicyclic amines) is 1. The average molecular weight is 531 g/mol. The van der Waals surface area contributed by atoms with Crippen LogP contribution in [0.3, 0.4) is 0 Å². The Hall–Kier alpha value is -3.30. The molecule has 3 rings (SSSR count). The molecular weight excluding hydrogens is 504 g/mol. The number of rotatable bonds is 9. The topological polar surface area (TPSA) is 99.5 Å². The molecule has 2 aromatic carbocycles. The summed E-state index contributed by atoms with van der Waals surface area (Å²) in [4.78, 5) is 29.5. The summed E-state index contributed by atoms with van der Waals surface area (Å²) in [6.07, 6.45) is 1.62. The monoisotopic (exact) mass is 530 g/mol. The first-order valence-corrected chi connectivity index (χ1v) is 11.3. The van der Waals surface area contributed by atoms with Crippen molar-refractivity contribution in [3.05, 3.63) is 70.2 Å². The van der Waals surface area contributed by atoms with Crippen molar-refractivity contribution < 1.29 is 29.3 Å². The highest BCUT2D eigenvalue weighted by atomic mass is 79.9. The van der Waals surface area contributed by atoms with Crippen molar-refractivity contribution in [1.82, 2.24) is 9.80 Å². The lowest BCUT2D eigenvalue weighted by molar-refractivity contribution is -0.140. The zero-order chi connectivity index (χ0) is 25.0. The van der Waals surface area contributed by atoms with Gasteiger partial charge in [-0.1, -0.05) is 12.7 Å². The lowest BCUT2D eigenvalue weighted by Gasteiger charge is -2.27.